The number of benzene rings is 1. The van der Waals surface area contributed by atoms with Gasteiger partial charge in [0.2, 0.25) is 0 Å². The molecule has 1 N–H and O–H groups in total. The minimum absolute atomic E-state index is 0.291. The third-order valence-electron chi connectivity index (χ3n) is 3.70. The number of hydrogen-bond acceptors (Lipinski definition) is 2. The van der Waals surface area contributed by atoms with Gasteiger partial charge in [0.05, 0.1) is 0 Å². The average Bonchev–Trinajstić information content (AvgIpc) is 2.70. The molecule has 1 aromatic carbocycles. The van der Waals surface area contributed by atoms with E-state index in [1.807, 2.05) is 0 Å². The topological polar surface area (TPSA) is 33.6 Å². The Morgan fingerprint density at radius 2 is 1.75 bits per heavy atom. The summed E-state index contributed by atoms with van der Waals surface area (Å²) in [7, 11) is 0. The predicted octanol–water partition coefficient (Wildman–Crippen LogP) is 4.93. The minimum atomic E-state index is 0.291. The normalized spacial score (nSPS) is 11.6. The molecule has 20 heavy (non-hydrogen) atoms. The lowest BCUT2D eigenvalue weighted by Crippen LogP contribution is -2.05. The molecule has 0 aliphatic carbocycles. The van der Waals surface area contributed by atoms with E-state index in [9.17, 15) is 0 Å². The number of nitrogens with one attached hydrogen (secondary N) is 1. The summed E-state index contributed by atoms with van der Waals surface area (Å²) in [6, 6.07) is 4.80. The molecule has 1 aromatic heterocycles. The van der Waals surface area contributed by atoms with Crippen LogP contribution in [0.15, 0.2) is 12.1 Å². The maximum atomic E-state index is 5.35. The van der Waals surface area contributed by atoms with Gasteiger partial charge in [-0.05, 0) is 68.6 Å². The lowest BCUT2D eigenvalue weighted by atomic mass is 9.92. The van der Waals surface area contributed by atoms with Crippen LogP contribution in [0.5, 0.6) is 0 Å². The lowest BCUT2D eigenvalue weighted by Gasteiger charge is -2.16. The Morgan fingerprint density at radius 1 is 1.10 bits per heavy atom. The van der Waals surface area contributed by atoms with Crippen LogP contribution in [0.4, 0.5) is 0 Å². The summed E-state index contributed by atoms with van der Waals surface area (Å²) in [5, 5.41) is 7.37. The Labute approximate surface area is 126 Å². The summed E-state index contributed by atoms with van der Waals surface area (Å²) in [4.78, 5) is 0. The van der Waals surface area contributed by atoms with Crippen LogP contribution in [-0.2, 0) is 0 Å². The van der Waals surface area contributed by atoms with Gasteiger partial charge in [0.15, 0.2) is 10.6 Å². The molecule has 2 aromatic rings. The lowest BCUT2D eigenvalue weighted by molar-refractivity contribution is 0.596. The van der Waals surface area contributed by atoms with Gasteiger partial charge in [0.1, 0.15) is 0 Å². The van der Waals surface area contributed by atoms with Crippen LogP contribution in [0.2, 0.25) is 0 Å². The van der Waals surface area contributed by atoms with Crippen molar-refractivity contribution in [1.82, 2.24) is 14.8 Å². The molecule has 1 heterocycles. The second-order valence-electron chi connectivity index (χ2n) is 5.99. The first-order valence-electron chi connectivity index (χ1n) is 7.11. The molecule has 0 unspecified atom stereocenters. The van der Waals surface area contributed by atoms with Crippen LogP contribution in [0.3, 0.4) is 0 Å². The third kappa shape index (κ3) is 2.57. The summed E-state index contributed by atoms with van der Waals surface area (Å²) in [6.45, 7) is 13.0. The second kappa shape index (κ2) is 5.52. The fourth-order valence-corrected chi connectivity index (χ4v) is 3.05. The zero-order valence-corrected chi connectivity index (χ0v) is 13.9. The Kier molecular flexibility index (Phi) is 4.14. The molecule has 2 rings (SSSR count). The summed E-state index contributed by atoms with van der Waals surface area (Å²) in [5.41, 5.74) is 5.12. The Hall–Kier alpha value is -1.42. The SMILES string of the molecule is Cc1cc(C)c(C(C)C)cc1-c1n[nH]c(=S)n1C(C)C. The van der Waals surface area contributed by atoms with Crippen molar-refractivity contribution in [3.8, 4) is 11.4 Å². The van der Waals surface area contributed by atoms with Gasteiger partial charge >= 0.3 is 0 Å². The number of aromatic nitrogens is 3. The molecular formula is C16H23N3S. The zero-order chi connectivity index (χ0) is 15.0. The van der Waals surface area contributed by atoms with E-state index in [4.69, 9.17) is 12.2 Å². The van der Waals surface area contributed by atoms with Crippen LogP contribution >= 0.6 is 12.2 Å². The minimum Gasteiger partial charge on any atom is -0.298 e. The van der Waals surface area contributed by atoms with E-state index in [1.54, 1.807) is 0 Å². The van der Waals surface area contributed by atoms with E-state index < -0.39 is 0 Å². The number of aromatic amines is 1. The van der Waals surface area contributed by atoms with Crippen molar-refractivity contribution in [2.75, 3.05) is 0 Å². The van der Waals surface area contributed by atoms with Gasteiger partial charge < -0.3 is 0 Å². The van der Waals surface area contributed by atoms with Crippen molar-refractivity contribution in [1.29, 1.82) is 0 Å². The number of aryl methyl sites for hydroxylation is 2. The van der Waals surface area contributed by atoms with Gasteiger partial charge in [-0.2, -0.15) is 5.10 Å². The van der Waals surface area contributed by atoms with E-state index in [1.165, 1.54) is 22.3 Å². The van der Waals surface area contributed by atoms with Gasteiger partial charge in [0.25, 0.3) is 0 Å². The Bertz CT molecular complexity index is 678. The van der Waals surface area contributed by atoms with Crippen LogP contribution in [0, 0.1) is 18.6 Å². The Morgan fingerprint density at radius 3 is 2.30 bits per heavy atom. The smallest absolute Gasteiger partial charge is 0.195 e. The molecule has 0 aliphatic rings. The summed E-state index contributed by atoms with van der Waals surface area (Å²) < 4.78 is 2.76. The van der Waals surface area contributed by atoms with Crippen molar-refractivity contribution in [2.45, 2.75) is 53.5 Å². The highest BCUT2D eigenvalue weighted by Crippen LogP contribution is 2.30. The van der Waals surface area contributed by atoms with Crippen molar-refractivity contribution in [3.05, 3.63) is 33.6 Å². The van der Waals surface area contributed by atoms with Crippen molar-refractivity contribution in [2.24, 2.45) is 0 Å². The zero-order valence-electron chi connectivity index (χ0n) is 13.1. The molecule has 0 amide bonds. The highest BCUT2D eigenvalue weighted by atomic mass is 32.1. The highest BCUT2D eigenvalue weighted by Gasteiger charge is 2.16. The van der Waals surface area contributed by atoms with Crippen LogP contribution in [-0.4, -0.2) is 14.8 Å². The number of H-pyrrole nitrogens is 1. The maximum Gasteiger partial charge on any atom is 0.195 e. The van der Waals surface area contributed by atoms with Crippen LogP contribution in [0.25, 0.3) is 11.4 Å². The average molecular weight is 289 g/mol. The highest BCUT2D eigenvalue weighted by molar-refractivity contribution is 7.71. The molecule has 0 radical (unpaired) electrons. The van der Waals surface area contributed by atoms with Crippen molar-refractivity contribution in [3.63, 3.8) is 0 Å². The number of hydrogen-bond donors (Lipinski definition) is 1. The molecule has 0 aliphatic heterocycles. The first-order valence-corrected chi connectivity index (χ1v) is 7.52. The molecule has 0 spiro atoms. The van der Waals surface area contributed by atoms with Gasteiger partial charge in [-0.25, -0.2) is 0 Å². The molecule has 4 heteroatoms. The second-order valence-corrected chi connectivity index (χ2v) is 6.38. The molecule has 0 saturated carbocycles. The quantitative estimate of drug-likeness (QED) is 0.813. The summed E-state index contributed by atoms with van der Waals surface area (Å²) in [5.74, 6) is 1.44. The molecule has 108 valence electrons. The van der Waals surface area contributed by atoms with Gasteiger partial charge in [-0.15, -0.1) is 0 Å². The van der Waals surface area contributed by atoms with Crippen LogP contribution < -0.4 is 0 Å². The molecule has 0 atom stereocenters. The number of nitrogens with zero attached hydrogens (tertiary/aromatic N) is 2. The first kappa shape index (κ1) is 15.0. The molecule has 0 saturated heterocycles. The first-order chi connectivity index (χ1) is 9.32. The van der Waals surface area contributed by atoms with E-state index in [0.717, 1.165) is 5.82 Å². The summed E-state index contributed by atoms with van der Waals surface area (Å²) >= 11 is 5.35. The fourth-order valence-electron chi connectivity index (χ4n) is 2.71. The van der Waals surface area contributed by atoms with E-state index >= 15 is 0 Å². The monoisotopic (exact) mass is 289 g/mol. The largest absolute Gasteiger partial charge is 0.298 e. The van der Waals surface area contributed by atoms with Crippen molar-refractivity contribution >= 4 is 12.2 Å². The molecular weight excluding hydrogens is 266 g/mol. The maximum absolute atomic E-state index is 5.35. The molecule has 3 nitrogen and oxygen atoms in total. The van der Waals surface area contributed by atoms with Gasteiger partial charge in [0, 0.05) is 11.6 Å². The van der Waals surface area contributed by atoms with E-state index in [0.29, 0.717) is 16.7 Å². The van der Waals surface area contributed by atoms with Crippen LogP contribution in [0.1, 0.15) is 56.3 Å². The molecule has 0 fully saturated rings. The standard InChI is InChI=1S/C16H23N3S/c1-9(2)13-8-14(12(6)7-11(13)5)15-17-18-16(20)19(15)10(3)4/h7-10H,1-6H3,(H,18,20). The van der Waals surface area contributed by atoms with Gasteiger partial charge in [-0.3, -0.25) is 9.67 Å². The van der Waals surface area contributed by atoms with Gasteiger partial charge in [-0.1, -0.05) is 19.9 Å². The fraction of sp³-hybridized carbons (Fsp3) is 0.500. The third-order valence-corrected chi connectivity index (χ3v) is 3.98. The predicted molar refractivity (Wildman–Crippen MR) is 86.8 cm³/mol. The summed E-state index contributed by atoms with van der Waals surface area (Å²) in [6.07, 6.45) is 0. The van der Waals surface area contributed by atoms with E-state index in [2.05, 4.69) is 68.4 Å². The van der Waals surface area contributed by atoms with Crippen molar-refractivity contribution < 1.29 is 0 Å². The Balaban J connectivity index is 2.70. The van der Waals surface area contributed by atoms with E-state index in [-0.39, 0.29) is 0 Å². The number of rotatable bonds is 3. The molecule has 0 bridgehead atoms.